The van der Waals surface area contributed by atoms with Crippen LogP contribution in [0.3, 0.4) is 0 Å². The summed E-state index contributed by atoms with van der Waals surface area (Å²) in [5.41, 5.74) is 3.58. The largest absolute Gasteiger partial charge is 0.465 e. The van der Waals surface area contributed by atoms with Crippen molar-refractivity contribution in [1.29, 1.82) is 0 Å². The summed E-state index contributed by atoms with van der Waals surface area (Å²) in [6.45, 7) is 0. The number of hydrogen-bond acceptors (Lipinski definition) is 6. The van der Waals surface area contributed by atoms with Crippen molar-refractivity contribution >= 4 is 34.6 Å². The van der Waals surface area contributed by atoms with E-state index in [4.69, 9.17) is 4.74 Å². The molecule has 0 aliphatic heterocycles. The maximum Gasteiger partial charge on any atom is 0.339 e. The molecule has 29 heavy (non-hydrogen) atoms. The summed E-state index contributed by atoms with van der Waals surface area (Å²) in [5, 5.41) is 5.97. The van der Waals surface area contributed by atoms with Crippen molar-refractivity contribution in [3.05, 3.63) is 78.1 Å². The summed E-state index contributed by atoms with van der Waals surface area (Å²) in [6.07, 6.45) is 1.53. The van der Waals surface area contributed by atoms with Crippen molar-refractivity contribution in [2.75, 3.05) is 36.7 Å². The maximum atomic E-state index is 12.6. The minimum atomic E-state index is -0.443. The second kappa shape index (κ2) is 8.88. The van der Waals surface area contributed by atoms with Crippen molar-refractivity contribution in [2.24, 2.45) is 0 Å². The number of ether oxygens (including phenoxy) is 1. The number of pyridine rings is 1. The van der Waals surface area contributed by atoms with Gasteiger partial charge in [0.15, 0.2) is 0 Å². The average molecular weight is 390 g/mol. The van der Waals surface area contributed by atoms with Crippen LogP contribution in [-0.2, 0) is 4.74 Å². The minimum Gasteiger partial charge on any atom is -0.465 e. The van der Waals surface area contributed by atoms with Crippen LogP contribution in [0.2, 0.25) is 0 Å². The zero-order valence-electron chi connectivity index (χ0n) is 16.5. The van der Waals surface area contributed by atoms with E-state index in [0.29, 0.717) is 22.6 Å². The molecule has 0 aliphatic rings. The first-order valence-electron chi connectivity index (χ1n) is 8.97. The monoisotopic (exact) mass is 390 g/mol. The normalized spacial score (nSPS) is 10.2. The third-order valence-electron chi connectivity index (χ3n) is 4.25. The molecule has 7 heteroatoms. The SMILES string of the molecule is COC(=O)c1ccccc1Nc1ccnc(C(=O)Nc2ccc(N(C)C)cc2)c1. The summed E-state index contributed by atoms with van der Waals surface area (Å²) < 4.78 is 4.81. The fourth-order valence-corrected chi connectivity index (χ4v) is 2.71. The molecule has 3 rings (SSSR count). The van der Waals surface area contributed by atoms with Crippen molar-refractivity contribution in [3.8, 4) is 0 Å². The molecule has 0 unspecified atom stereocenters. The smallest absolute Gasteiger partial charge is 0.339 e. The molecule has 0 saturated heterocycles. The van der Waals surface area contributed by atoms with Gasteiger partial charge < -0.3 is 20.3 Å². The number of nitrogens with zero attached hydrogens (tertiary/aromatic N) is 2. The van der Waals surface area contributed by atoms with Gasteiger partial charge in [-0.3, -0.25) is 9.78 Å². The molecule has 0 aliphatic carbocycles. The molecule has 0 spiro atoms. The summed E-state index contributed by atoms with van der Waals surface area (Å²) >= 11 is 0. The number of carbonyl (C=O) groups is 2. The van der Waals surface area contributed by atoms with Gasteiger partial charge in [0.2, 0.25) is 0 Å². The molecule has 1 aromatic heterocycles. The molecule has 0 saturated carbocycles. The number of methoxy groups -OCH3 is 1. The zero-order valence-corrected chi connectivity index (χ0v) is 16.5. The molecule has 2 aromatic carbocycles. The Hall–Kier alpha value is -3.87. The number of para-hydroxylation sites is 1. The molecule has 148 valence electrons. The number of anilines is 4. The lowest BCUT2D eigenvalue weighted by molar-refractivity contribution is 0.0601. The van der Waals surface area contributed by atoms with Crippen LogP contribution in [-0.4, -0.2) is 38.1 Å². The highest BCUT2D eigenvalue weighted by Gasteiger charge is 2.13. The molecule has 0 radical (unpaired) electrons. The first-order valence-corrected chi connectivity index (χ1v) is 8.97. The number of carbonyl (C=O) groups excluding carboxylic acids is 2. The van der Waals surface area contributed by atoms with E-state index in [1.165, 1.54) is 13.3 Å². The second-order valence-electron chi connectivity index (χ2n) is 6.49. The Morgan fingerprint density at radius 1 is 0.966 bits per heavy atom. The van der Waals surface area contributed by atoms with Gasteiger partial charge in [0.1, 0.15) is 5.69 Å². The molecule has 1 heterocycles. The Balaban J connectivity index is 1.76. The minimum absolute atomic E-state index is 0.252. The number of hydrogen-bond donors (Lipinski definition) is 2. The van der Waals surface area contributed by atoms with E-state index in [0.717, 1.165) is 5.69 Å². The van der Waals surface area contributed by atoms with Crippen LogP contribution >= 0.6 is 0 Å². The predicted molar refractivity (Wildman–Crippen MR) is 114 cm³/mol. The van der Waals surface area contributed by atoms with E-state index in [9.17, 15) is 9.59 Å². The van der Waals surface area contributed by atoms with Gasteiger partial charge in [-0.2, -0.15) is 0 Å². The Kier molecular flexibility index (Phi) is 6.09. The number of nitrogens with one attached hydrogen (secondary N) is 2. The molecule has 0 fully saturated rings. The lowest BCUT2D eigenvalue weighted by Gasteiger charge is -2.13. The molecule has 0 atom stereocenters. The lowest BCUT2D eigenvalue weighted by atomic mass is 10.1. The third kappa shape index (κ3) is 4.90. The van der Waals surface area contributed by atoms with E-state index < -0.39 is 5.97 Å². The highest BCUT2D eigenvalue weighted by molar-refractivity contribution is 6.03. The molecule has 0 bridgehead atoms. The first kappa shape index (κ1) is 19.9. The third-order valence-corrected chi connectivity index (χ3v) is 4.25. The van der Waals surface area contributed by atoms with Crippen LogP contribution in [0.4, 0.5) is 22.7 Å². The first-order chi connectivity index (χ1) is 14.0. The van der Waals surface area contributed by atoms with Crippen LogP contribution in [0, 0.1) is 0 Å². The Morgan fingerprint density at radius 3 is 2.38 bits per heavy atom. The van der Waals surface area contributed by atoms with Gasteiger partial charge in [0, 0.05) is 37.4 Å². The van der Waals surface area contributed by atoms with Gasteiger partial charge in [-0.1, -0.05) is 12.1 Å². The van der Waals surface area contributed by atoms with Crippen molar-refractivity contribution in [1.82, 2.24) is 4.98 Å². The van der Waals surface area contributed by atoms with Gasteiger partial charge in [-0.05, 0) is 48.5 Å². The maximum absolute atomic E-state index is 12.6. The van der Waals surface area contributed by atoms with E-state index in [-0.39, 0.29) is 11.6 Å². The van der Waals surface area contributed by atoms with Crippen molar-refractivity contribution in [3.63, 3.8) is 0 Å². The molecule has 3 aromatic rings. The van der Waals surface area contributed by atoms with E-state index >= 15 is 0 Å². The van der Waals surface area contributed by atoms with Gasteiger partial charge in [0.05, 0.1) is 18.4 Å². The highest BCUT2D eigenvalue weighted by Crippen LogP contribution is 2.22. The topological polar surface area (TPSA) is 83.6 Å². The average Bonchev–Trinajstić information content (AvgIpc) is 2.74. The standard InChI is InChI=1S/C22H22N4O3/c1-26(2)17-10-8-15(9-11-17)25-21(27)20-14-16(12-13-23-20)24-19-7-5-4-6-18(19)22(28)29-3/h4-14H,1-3H3,(H,23,24)(H,25,27). The van der Waals surface area contributed by atoms with Gasteiger partial charge in [-0.25, -0.2) is 4.79 Å². The summed E-state index contributed by atoms with van der Waals surface area (Å²) in [6, 6.07) is 17.8. The van der Waals surface area contributed by atoms with Gasteiger partial charge in [0.25, 0.3) is 5.91 Å². The van der Waals surface area contributed by atoms with E-state index in [2.05, 4.69) is 15.6 Å². The Bertz CT molecular complexity index is 1020. The van der Waals surface area contributed by atoms with Crippen LogP contribution in [0.5, 0.6) is 0 Å². The molecule has 2 N–H and O–H groups in total. The van der Waals surface area contributed by atoms with Gasteiger partial charge in [-0.15, -0.1) is 0 Å². The second-order valence-corrected chi connectivity index (χ2v) is 6.49. The predicted octanol–water partition coefficient (Wildman–Crippen LogP) is 3.93. The number of aromatic nitrogens is 1. The van der Waals surface area contributed by atoms with E-state index in [1.54, 1.807) is 36.4 Å². The Morgan fingerprint density at radius 2 is 1.69 bits per heavy atom. The Labute approximate surface area is 169 Å². The lowest BCUT2D eigenvalue weighted by Crippen LogP contribution is -2.14. The molecule has 7 nitrogen and oxygen atoms in total. The summed E-state index contributed by atoms with van der Waals surface area (Å²) in [7, 11) is 5.24. The van der Waals surface area contributed by atoms with Crippen LogP contribution in [0.1, 0.15) is 20.8 Å². The van der Waals surface area contributed by atoms with Crippen LogP contribution in [0.25, 0.3) is 0 Å². The number of benzene rings is 2. The molecular weight excluding hydrogens is 368 g/mol. The van der Waals surface area contributed by atoms with E-state index in [1.807, 2.05) is 43.3 Å². The van der Waals surface area contributed by atoms with Crippen LogP contribution in [0.15, 0.2) is 66.9 Å². The number of rotatable bonds is 6. The summed E-state index contributed by atoms with van der Waals surface area (Å²) in [4.78, 5) is 30.6. The quantitative estimate of drug-likeness (QED) is 0.621. The zero-order chi connectivity index (χ0) is 20.8. The number of amides is 1. The van der Waals surface area contributed by atoms with Crippen molar-refractivity contribution in [2.45, 2.75) is 0 Å². The molecular formula is C22H22N4O3. The van der Waals surface area contributed by atoms with Crippen LogP contribution < -0.4 is 15.5 Å². The summed E-state index contributed by atoms with van der Waals surface area (Å²) in [5.74, 6) is -0.770. The molecule has 1 amide bonds. The van der Waals surface area contributed by atoms with Crippen molar-refractivity contribution < 1.29 is 14.3 Å². The van der Waals surface area contributed by atoms with Gasteiger partial charge >= 0.3 is 5.97 Å². The fourth-order valence-electron chi connectivity index (χ4n) is 2.71. The fraction of sp³-hybridized carbons (Fsp3) is 0.136. The highest BCUT2D eigenvalue weighted by atomic mass is 16.5. The number of esters is 1.